The number of aromatic hydroxyl groups is 1. The number of amides is 1. The third-order valence-corrected chi connectivity index (χ3v) is 6.24. The Kier molecular flexibility index (Phi) is 3.59. The highest BCUT2D eigenvalue weighted by Gasteiger charge is 2.46. The maximum Gasteiger partial charge on any atom is 0.257 e. The number of likely N-dealkylation sites (N-methyl/N-ethyl adjacent to an activating group) is 1. The maximum absolute atomic E-state index is 13.4. The second-order valence-electron chi connectivity index (χ2n) is 7.67. The molecule has 1 amide bonds. The van der Waals surface area contributed by atoms with E-state index in [1.165, 1.54) is 4.90 Å². The van der Waals surface area contributed by atoms with Crippen LogP contribution in [0.5, 0.6) is 5.75 Å². The number of hydrogen-bond acceptors (Lipinski definition) is 4. The summed E-state index contributed by atoms with van der Waals surface area (Å²) in [7, 11) is 3.61. The lowest BCUT2D eigenvalue weighted by Crippen LogP contribution is -2.44. The topological polar surface area (TPSA) is 60.9 Å². The van der Waals surface area contributed by atoms with Crippen LogP contribution in [0.3, 0.4) is 0 Å². The Hall–Kier alpha value is -3.60. The van der Waals surface area contributed by atoms with E-state index >= 15 is 0 Å². The molecule has 29 heavy (non-hydrogen) atoms. The zero-order valence-electron chi connectivity index (χ0n) is 16.3. The third-order valence-electron chi connectivity index (χ3n) is 6.24. The Morgan fingerprint density at radius 2 is 1.59 bits per heavy atom. The molecule has 0 aromatic heterocycles. The van der Waals surface area contributed by atoms with Gasteiger partial charge in [0.1, 0.15) is 11.6 Å². The van der Waals surface area contributed by atoms with Gasteiger partial charge in [0.05, 0.1) is 0 Å². The smallest absolute Gasteiger partial charge is 0.257 e. The van der Waals surface area contributed by atoms with Crippen molar-refractivity contribution in [2.45, 2.75) is 12.3 Å². The molecule has 0 bridgehead atoms. The average molecular weight is 384 g/mol. The van der Waals surface area contributed by atoms with Crippen LogP contribution in [-0.2, 0) is 4.79 Å². The van der Waals surface area contributed by atoms with Gasteiger partial charge in [-0.15, -0.1) is 0 Å². The summed E-state index contributed by atoms with van der Waals surface area (Å²) in [4.78, 5) is 30.2. The molecule has 3 aliphatic rings. The maximum atomic E-state index is 13.4. The molecular formula is C24H20N2O3. The summed E-state index contributed by atoms with van der Waals surface area (Å²) in [5, 5.41) is 9.75. The highest BCUT2D eigenvalue weighted by Crippen LogP contribution is 2.52. The van der Waals surface area contributed by atoms with Crippen LogP contribution in [0.1, 0.15) is 33.8 Å². The van der Waals surface area contributed by atoms with Crippen molar-refractivity contribution in [3.8, 4) is 5.75 Å². The lowest BCUT2D eigenvalue weighted by Gasteiger charge is -2.42. The molecule has 144 valence electrons. The SMILES string of the molecule is C=C1N(C)C(=O)C2=C(CC3=C(C(=O)c4ccccc43)C2c2ccc(O)cc2)N1C. The van der Waals surface area contributed by atoms with Gasteiger partial charge in [-0.1, -0.05) is 43.0 Å². The van der Waals surface area contributed by atoms with E-state index in [1.807, 2.05) is 36.2 Å². The number of allylic oxidation sites excluding steroid dienone is 2. The van der Waals surface area contributed by atoms with E-state index in [0.717, 1.165) is 22.4 Å². The van der Waals surface area contributed by atoms with Gasteiger partial charge >= 0.3 is 0 Å². The number of phenolic OH excluding ortho intramolecular Hbond substituents is 1. The molecule has 1 unspecified atom stereocenters. The zero-order chi connectivity index (χ0) is 20.4. The number of nitrogens with zero attached hydrogens (tertiary/aromatic N) is 2. The molecule has 2 aliphatic carbocycles. The molecule has 1 atom stereocenters. The van der Waals surface area contributed by atoms with Crippen molar-refractivity contribution in [1.82, 2.24) is 9.80 Å². The van der Waals surface area contributed by atoms with Crippen molar-refractivity contribution in [2.75, 3.05) is 14.1 Å². The number of hydrogen-bond donors (Lipinski definition) is 1. The molecule has 2 aromatic carbocycles. The first kappa shape index (κ1) is 17.5. The fourth-order valence-electron chi connectivity index (χ4n) is 4.67. The number of carbonyl (C=O) groups is 2. The van der Waals surface area contributed by atoms with Crippen LogP contribution in [0.4, 0.5) is 0 Å². The summed E-state index contributed by atoms with van der Waals surface area (Å²) < 4.78 is 0. The first-order valence-corrected chi connectivity index (χ1v) is 9.50. The summed E-state index contributed by atoms with van der Waals surface area (Å²) in [5.74, 6) is 0.102. The van der Waals surface area contributed by atoms with E-state index in [2.05, 4.69) is 6.58 Å². The first-order chi connectivity index (χ1) is 13.9. The number of benzene rings is 2. The number of carbonyl (C=O) groups excluding carboxylic acids is 2. The largest absolute Gasteiger partial charge is 0.508 e. The van der Waals surface area contributed by atoms with Gasteiger partial charge in [-0.2, -0.15) is 0 Å². The van der Waals surface area contributed by atoms with Crippen molar-refractivity contribution < 1.29 is 14.7 Å². The predicted octanol–water partition coefficient (Wildman–Crippen LogP) is 3.66. The molecule has 2 aromatic rings. The van der Waals surface area contributed by atoms with Crippen LogP contribution in [0.15, 0.2) is 77.8 Å². The van der Waals surface area contributed by atoms with Crippen LogP contribution in [0, 0.1) is 0 Å². The van der Waals surface area contributed by atoms with E-state index < -0.39 is 5.92 Å². The fourth-order valence-corrected chi connectivity index (χ4v) is 4.67. The van der Waals surface area contributed by atoms with Crippen molar-refractivity contribution >= 4 is 17.3 Å². The van der Waals surface area contributed by atoms with Crippen molar-refractivity contribution in [3.63, 3.8) is 0 Å². The standard InChI is InChI=1S/C24H20N2O3/c1-13-25(2)19-12-18-16-6-4-5-7-17(16)23(28)21(18)20(22(19)24(29)26(13)3)14-8-10-15(27)11-9-14/h4-11,20,27H,1,12H2,2-3H3. The van der Waals surface area contributed by atoms with Crippen LogP contribution < -0.4 is 0 Å². The van der Waals surface area contributed by atoms with Gasteiger partial charge in [-0.3, -0.25) is 14.5 Å². The Morgan fingerprint density at radius 3 is 2.28 bits per heavy atom. The number of ketones is 1. The molecular weight excluding hydrogens is 364 g/mol. The molecule has 0 radical (unpaired) electrons. The molecule has 1 N–H and O–H groups in total. The molecule has 5 nitrogen and oxygen atoms in total. The Bertz CT molecular complexity index is 1170. The average Bonchev–Trinajstić information content (AvgIpc) is 3.02. The third kappa shape index (κ3) is 2.27. The molecule has 0 fully saturated rings. The van der Waals surface area contributed by atoms with Crippen molar-refractivity contribution in [1.29, 1.82) is 0 Å². The Labute approximate surface area is 168 Å². The second kappa shape index (κ2) is 5.95. The lowest BCUT2D eigenvalue weighted by molar-refractivity contribution is -0.126. The van der Waals surface area contributed by atoms with Gasteiger partial charge in [-0.25, -0.2) is 0 Å². The van der Waals surface area contributed by atoms with Gasteiger partial charge in [0.15, 0.2) is 5.78 Å². The summed E-state index contributed by atoms with van der Waals surface area (Å²) >= 11 is 0. The molecule has 0 saturated heterocycles. The molecule has 1 heterocycles. The van der Waals surface area contributed by atoms with Crippen LogP contribution in [0.2, 0.25) is 0 Å². The summed E-state index contributed by atoms with van der Waals surface area (Å²) in [6.45, 7) is 4.05. The highest BCUT2D eigenvalue weighted by atomic mass is 16.3. The van der Waals surface area contributed by atoms with E-state index in [-0.39, 0.29) is 17.4 Å². The van der Waals surface area contributed by atoms with Gasteiger partial charge in [-0.05, 0) is 28.8 Å². The number of Topliss-reactive ketones (excluding diaryl/α,β-unsaturated/α-hetero) is 1. The van der Waals surface area contributed by atoms with Crippen molar-refractivity contribution in [2.24, 2.45) is 0 Å². The van der Waals surface area contributed by atoms with Crippen molar-refractivity contribution in [3.05, 3.63) is 94.5 Å². The highest BCUT2D eigenvalue weighted by molar-refractivity contribution is 6.23. The van der Waals surface area contributed by atoms with E-state index in [0.29, 0.717) is 29.0 Å². The van der Waals surface area contributed by atoms with Gasteiger partial charge in [0.2, 0.25) is 0 Å². The Balaban J connectivity index is 1.79. The summed E-state index contributed by atoms with van der Waals surface area (Å²) in [6, 6.07) is 14.4. The molecule has 5 rings (SSSR count). The molecule has 5 heteroatoms. The minimum absolute atomic E-state index is 0.0252. The normalized spacial score (nSPS) is 20.9. The molecule has 1 aliphatic heterocycles. The molecule has 0 spiro atoms. The summed E-state index contributed by atoms with van der Waals surface area (Å²) in [5.41, 5.74) is 5.55. The molecule has 0 saturated carbocycles. The van der Waals surface area contributed by atoms with Gasteiger partial charge in [0.25, 0.3) is 5.91 Å². The first-order valence-electron chi connectivity index (χ1n) is 9.50. The van der Waals surface area contributed by atoms with Crippen LogP contribution >= 0.6 is 0 Å². The van der Waals surface area contributed by atoms with E-state index in [1.54, 1.807) is 31.3 Å². The lowest BCUT2D eigenvalue weighted by atomic mass is 9.74. The Morgan fingerprint density at radius 1 is 0.931 bits per heavy atom. The van der Waals surface area contributed by atoms with Crippen LogP contribution in [0.25, 0.3) is 5.57 Å². The monoisotopic (exact) mass is 384 g/mol. The minimum atomic E-state index is -0.486. The number of fused-ring (bicyclic) bond motifs is 2. The summed E-state index contributed by atoms with van der Waals surface area (Å²) in [6.07, 6.45) is 0.511. The minimum Gasteiger partial charge on any atom is -0.508 e. The second-order valence-corrected chi connectivity index (χ2v) is 7.67. The van der Waals surface area contributed by atoms with Gasteiger partial charge in [0, 0.05) is 48.8 Å². The van der Waals surface area contributed by atoms with Gasteiger partial charge < -0.3 is 10.0 Å². The number of rotatable bonds is 1. The van der Waals surface area contributed by atoms with E-state index in [9.17, 15) is 14.7 Å². The predicted molar refractivity (Wildman–Crippen MR) is 110 cm³/mol. The quantitative estimate of drug-likeness (QED) is 0.815. The fraction of sp³-hybridized carbons (Fsp3) is 0.167. The zero-order valence-corrected chi connectivity index (χ0v) is 16.3. The van der Waals surface area contributed by atoms with E-state index in [4.69, 9.17) is 0 Å². The van der Waals surface area contributed by atoms with Crippen LogP contribution in [-0.4, -0.2) is 40.7 Å². The number of phenols is 1.